The van der Waals surface area contributed by atoms with Crippen molar-refractivity contribution in [1.82, 2.24) is 0 Å². The SMILES string of the molecule is CCCCCCCCCCCCCCCCCCCCCC/C=C/C1CC(=O)OC1=O. The van der Waals surface area contributed by atoms with Gasteiger partial charge in [0.15, 0.2) is 0 Å². The lowest BCUT2D eigenvalue weighted by Crippen LogP contribution is -2.03. The zero-order valence-corrected chi connectivity index (χ0v) is 20.5. The van der Waals surface area contributed by atoms with Crippen LogP contribution in [-0.4, -0.2) is 11.9 Å². The molecule has 0 aromatic carbocycles. The number of hydrogen-bond donors (Lipinski definition) is 0. The van der Waals surface area contributed by atoms with E-state index in [1.165, 1.54) is 128 Å². The average molecular weight is 435 g/mol. The zero-order chi connectivity index (χ0) is 22.4. The Kier molecular flexibility index (Phi) is 18.7. The van der Waals surface area contributed by atoms with Crippen LogP contribution in [-0.2, 0) is 14.3 Å². The fourth-order valence-electron chi connectivity index (χ4n) is 4.42. The van der Waals surface area contributed by atoms with Crippen molar-refractivity contribution in [2.24, 2.45) is 5.92 Å². The molecule has 3 nitrogen and oxygen atoms in total. The smallest absolute Gasteiger partial charge is 0.321 e. The molecular weight excluding hydrogens is 384 g/mol. The Balaban J connectivity index is 1.70. The number of cyclic esters (lactones) is 2. The lowest BCUT2D eigenvalue weighted by Gasteiger charge is -2.04. The molecule has 0 aliphatic carbocycles. The number of carbonyl (C=O) groups excluding carboxylic acids is 2. The molecule has 180 valence electrons. The Bertz CT molecular complexity index is 469. The van der Waals surface area contributed by atoms with Gasteiger partial charge in [-0.2, -0.15) is 0 Å². The summed E-state index contributed by atoms with van der Waals surface area (Å²) < 4.78 is 4.54. The Morgan fingerprint density at radius 3 is 1.39 bits per heavy atom. The predicted octanol–water partition coefficient (Wildman–Crippen LogP) is 8.84. The minimum Gasteiger partial charge on any atom is -0.393 e. The molecule has 0 radical (unpaired) electrons. The minimum absolute atomic E-state index is 0.217. The van der Waals surface area contributed by atoms with Crippen LogP contribution in [0.25, 0.3) is 0 Å². The third-order valence-electron chi connectivity index (χ3n) is 6.50. The molecule has 1 unspecified atom stereocenters. The third kappa shape index (κ3) is 17.2. The van der Waals surface area contributed by atoms with Gasteiger partial charge in [-0.05, 0) is 12.8 Å². The first-order valence-corrected chi connectivity index (χ1v) is 13.6. The molecule has 0 saturated carbocycles. The van der Waals surface area contributed by atoms with Gasteiger partial charge in [-0.15, -0.1) is 0 Å². The molecule has 0 aromatic rings. The average Bonchev–Trinajstić information content (AvgIpc) is 3.08. The van der Waals surface area contributed by atoms with E-state index in [-0.39, 0.29) is 18.3 Å². The fraction of sp³-hybridized carbons (Fsp3) is 0.857. The highest BCUT2D eigenvalue weighted by molar-refractivity contribution is 5.95. The second kappa shape index (κ2) is 20.8. The van der Waals surface area contributed by atoms with Crippen molar-refractivity contribution in [1.29, 1.82) is 0 Å². The molecule has 1 saturated heterocycles. The highest BCUT2D eigenvalue weighted by atomic mass is 16.6. The number of allylic oxidation sites excluding steroid dienone is 1. The topological polar surface area (TPSA) is 43.4 Å². The molecule has 0 spiro atoms. The highest BCUT2D eigenvalue weighted by Crippen LogP contribution is 2.18. The van der Waals surface area contributed by atoms with Gasteiger partial charge in [0, 0.05) is 0 Å². The van der Waals surface area contributed by atoms with Gasteiger partial charge >= 0.3 is 11.9 Å². The van der Waals surface area contributed by atoms with E-state index in [0.29, 0.717) is 0 Å². The minimum atomic E-state index is -0.390. The van der Waals surface area contributed by atoms with Crippen LogP contribution in [0.15, 0.2) is 12.2 Å². The molecule has 0 amide bonds. The van der Waals surface area contributed by atoms with Crippen LogP contribution in [0.3, 0.4) is 0 Å². The van der Waals surface area contributed by atoms with Gasteiger partial charge in [-0.3, -0.25) is 9.59 Å². The van der Waals surface area contributed by atoms with Crippen LogP contribution in [0, 0.1) is 5.92 Å². The van der Waals surface area contributed by atoms with Crippen LogP contribution < -0.4 is 0 Å². The fourth-order valence-corrected chi connectivity index (χ4v) is 4.42. The van der Waals surface area contributed by atoms with Crippen LogP contribution in [0.1, 0.15) is 148 Å². The van der Waals surface area contributed by atoms with Crippen molar-refractivity contribution in [2.45, 2.75) is 148 Å². The standard InChI is InChI=1S/C28H50O3/c1-2-3-4-5-6-7-8-9-10-11-12-13-14-15-16-17-18-19-20-21-22-23-24-26-25-27(29)31-28(26)30/h23-24,26H,2-22,25H2,1H3/b24-23+. The molecule has 1 heterocycles. The summed E-state index contributed by atoms with van der Waals surface area (Å²) in [6, 6.07) is 0. The van der Waals surface area contributed by atoms with Crippen LogP contribution in [0.2, 0.25) is 0 Å². The second-order valence-corrected chi connectivity index (χ2v) is 9.54. The molecule has 1 aliphatic heterocycles. The molecule has 1 aliphatic rings. The third-order valence-corrected chi connectivity index (χ3v) is 6.50. The number of ether oxygens (including phenoxy) is 1. The van der Waals surface area contributed by atoms with Crippen molar-refractivity contribution in [3.05, 3.63) is 12.2 Å². The van der Waals surface area contributed by atoms with Crippen LogP contribution >= 0.6 is 0 Å². The van der Waals surface area contributed by atoms with Crippen LogP contribution in [0.5, 0.6) is 0 Å². The highest BCUT2D eigenvalue weighted by Gasteiger charge is 2.30. The molecular formula is C28H50O3. The van der Waals surface area contributed by atoms with E-state index >= 15 is 0 Å². The van der Waals surface area contributed by atoms with E-state index in [1.807, 2.05) is 12.2 Å². The lowest BCUT2D eigenvalue weighted by molar-refractivity contribution is -0.152. The molecule has 1 rings (SSSR count). The maximum atomic E-state index is 11.3. The van der Waals surface area contributed by atoms with E-state index in [2.05, 4.69) is 11.7 Å². The van der Waals surface area contributed by atoms with Gasteiger partial charge in [0.2, 0.25) is 0 Å². The van der Waals surface area contributed by atoms with Gasteiger partial charge in [0.25, 0.3) is 0 Å². The monoisotopic (exact) mass is 434 g/mol. The van der Waals surface area contributed by atoms with E-state index in [4.69, 9.17) is 0 Å². The summed E-state index contributed by atoms with van der Waals surface area (Å²) in [5.41, 5.74) is 0. The lowest BCUT2D eigenvalue weighted by atomic mass is 10.0. The number of esters is 2. The van der Waals surface area contributed by atoms with E-state index in [0.717, 1.165) is 6.42 Å². The van der Waals surface area contributed by atoms with Crippen molar-refractivity contribution in [3.8, 4) is 0 Å². The summed E-state index contributed by atoms with van der Waals surface area (Å²) in [5.74, 6) is -1.11. The van der Waals surface area contributed by atoms with Crippen molar-refractivity contribution >= 4 is 11.9 Å². The predicted molar refractivity (Wildman–Crippen MR) is 131 cm³/mol. The summed E-state index contributed by atoms with van der Waals surface area (Å²) in [6.45, 7) is 2.29. The molecule has 0 N–H and O–H groups in total. The first-order valence-electron chi connectivity index (χ1n) is 13.6. The van der Waals surface area contributed by atoms with Gasteiger partial charge in [-0.25, -0.2) is 0 Å². The van der Waals surface area contributed by atoms with Crippen molar-refractivity contribution < 1.29 is 14.3 Å². The van der Waals surface area contributed by atoms with Crippen molar-refractivity contribution in [3.63, 3.8) is 0 Å². The van der Waals surface area contributed by atoms with E-state index < -0.39 is 5.97 Å². The first kappa shape index (κ1) is 27.9. The normalized spacial score (nSPS) is 16.5. The number of hydrogen-bond acceptors (Lipinski definition) is 3. The Morgan fingerprint density at radius 1 is 0.645 bits per heavy atom. The molecule has 1 atom stereocenters. The summed E-state index contributed by atoms with van der Waals surface area (Å²) >= 11 is 0. The van der Waals surface area contributed by atoms with Gasteiger partial charge < -0.3 is 4.74 Å². The first-order chi connectivity index (χ1) is 15.2. The second-order valence-electron chi connectivity index (χ2n) is 9.54. The quantitative estimate of drug-likeness (QED) is 0.0739. The summed E-state index contributed by atoms with van der Waals surface area (Å²) in [5, 5.41) is 0. The summed E-state index contributed by atoms with van der Waals surface area (Å²) in [7, 11) is 0. The van der Waals surface area contributed by atoms with Gasteiger partial charge in [-0.1, -0.05) is 141 Å². The number of carbonyl (C=O) groups is 2. The van der Waals surface area contributed by atoms with Gasteiger partial charge in [0.05, 0.1) is 12.3 Å². The molecule has 0 bridgehead atoms. The van der Waals surface area contributed by atoms with Gasteiger partial charge in [0.1, 0.15) is 0 Å². The zero-order valence-electron chi connectivity index (χ0n) is 20.5. The number of rotatable bonds is 22. The van der Waals surface area contributed by atoms with E-state index in [9.17, 15) is 9.59 Å². The van der Waals surface area contributed by atoms with Crippen LogP contribution in [0.4, 0.5) is 0 Å². The molecule has 31 heavy (non-hydrogen) atoms. The van der Waals surface area contributed by atoms with Crippen molar-refractivity contribution in [2.75, 3.05) is 0 Å². The molecule has 1 fully saturated rings. The molecule has 3 heteroatoms. The largest absolute Gasteiger partial charge is 0.393 e. The number of unbranched alkanes of at least 4 members (excludes halogenated alkanes) is 20. The molecule has 0 aromatic heterocycles. The maximum Gasteiger partial charge on any atom is 0.321 e. The Labute approximate surface area is 192 Å². The summed E-state index contributed by atoms with van der Waals surface area (Å²) in [6.07, 6.45) is 33.1. The van der Waals surface area contributed by atoms with E-state index in [1.54, 1.807) is 0 Å². The summed E-state index contributed by atoms with van der Waals surface area (Å²) in [4.78, 5) is 22.3. The Morgan fingerprint density at radius 2 is 1.03 bits per heavy atom. The Hall–Kier alpha value is -1.12. The maximum absolute atomic E-state index is 11.3.